The Morgan fingerprint density at radius 1 is 1.05 bits per heavy atom. The highest BCUT2D eigenvalue weighted by molar-refractivity contribution is 6.31. The minimum atomic E-state index is 0.497. The third kappa shape index (κ3) is 2.42. The maximum absolute atomic E-state index is 6.23. The highest BCUT2D eigenvalue weighted by Crippen LogP contribution is 2.43. The Kier molecular flexibility index (Phi) is 3.63. The lowest BCUT2D eigenvalue weighted by molar-refractivity contribution is 0.386. The quantitative estimate of drug-likeness (QED) is 0.563. The van der Waals surface area contributed by atoms with Crippen LogP contribution in [0.2, 0.25) is 5.02 Å². The van der Waals surface area contributed by atoms with Crippen molar-refractivity contribution in [1.82, 2.24) is 4.98 Å². The number of rotatable bonds is 2. The van der Waals surface area contributed by atoms with Gasteiger partial charge in [0, 0.05) is 23.7 Å². The second kappa shape index (κ2) is 5.77. The van der Waals surface area contributed by atoms with E-state index >= 15 is 0 Å². The molecule has 0 aliphatic heterocycles. The second-order valence-corrected chi connectivity index (χ2v) is 6.48. The topological polar surface area (TPSA) is 26.0 Å². The molecular formula is C19H18ClNO. The van der Waals surface area contributed by atoms with Crippen LogP contribution in [0.25, 0.3) is 22.2 Å². The maximum atomic E-state index is 6.23. The predicted molar refractivity (Wildman–Crippen MR) is 90.3 cm³/mol. The molecule has 0 N–H and O–H groups in total. The van der Waals surface area contributed by atoms with Gasteiger partial charge in [0.1, 0.15) is 11.3 Å². The molecule has 0 amide bonds. The van der Waals surface area contributed by atoms with Crippen molar-refractivity contribution in [3.05, 3.63) is 53.4 Å². The van der Waals surface area contributed by atoms with E-state index in [9.17, 15) is 0 Å². The van der Waals surface area contributed by atoms with Crippen molar-refractivity contribution in [1.29, 1.82) is 0 Å². The molecular weight excluding hydrogens is 294 g/mol. The predicted octanol–water partition coefficient (Wildman–Crippen LogP) is 6.20. The average Bonchev–Trinajstić information content (AvgIpc) is 2.95. The Morgan fingerprint density at radius 2 is 1.82 bits per heavy atom. The maximum Gasteiger partial charge on any atom is 0.154 e. The number of hydrogen-bond donors (Lipinski definition) is 0. The average molecular weight is 312 g/mol. The molecule has 1 aliphatic carbocycles. The van der Waals surface area contributed by atoms with Crippen molar-refractivity contribution in [2.75, 3.05) is 0 Å². The van der Waals surface area contributed by atoms with Gasteiger partial charge in [0.15, 0.2) is 5.58 Å². The zero-order valence-corrected chi connectivity index (χ0v) is 13.1. The summed E-state index contributed by atoms with van der Waals surface area (Å²) in [5.41, 5.74) is 4.05. The smallest absolute Gasteiger partial charge is 0.154 e. The number of nitrogens with zero attached hydrogens (tertiary/aromatic N) is 1. The molecule has 2 nitrogen and oxygen atoms in total. The van der Waals surface area contributed by atoms with Crippen LogP contribution in [-0.2, 0) is 0 Å². The largest absolute Gasteiger partial charge is 0.458 e. The molecule has 1 aromatic carbocycles. The number of pyridine rings is 1. The van der Waals surface area contributed by atoms with Crippen LogP contribution in [0.4, 0.5) is 0 Å². The van der Waals surface area contributed by atoms with E-state index in [1.54, 1.807) is 6.20 Å². The summed E-state index contributed by atoms with van der Waals surface area (Å²) < 4.78 is 6.23. The molecule has 0 saturated heterocycles. The van der Waals surface area contributed by atoms with Gasteiger partial charge in [-0.05, 0) is 18.4 Å². The molecule has 1 saturated carbocycles. The Hall–Kier alpha value is -1.80. The van der Waals surface area contributed by atoms with E-state index in [4.69, 9.17) is 16.0 Å². The van der Waals surface area contributed by atoms with Gasteiger partial charge >= 0.3 is 0 Å². The molecule has 0 atom stereocenters. The van der Waals surface area contributed by atoms with Crippen molar-refractivity contribution < 1.29 is 4.42 Å². The van der Waals surface area contributed by atoms with Gasteiger partial charge in [-0.25, -0.2) is 0 Å². The SMILES string of the molecule is Clc1cnc2c(-c3ccccc3)c(C3CCCCC3)oc2c1. The molecule has 3 aromatic rings. The highest BCUT2D eigenvalue weighted by atomic mass is 35.5. The van der Waals surface area contributed by atoms with E-state index in [-0.39, 0.29) is 0 Å². The van der Waals surface area contributed by atoms with Gasteiger partial charge in [0.25, 0.3) is 0 Å². The molecule has 0 spiro atoms. The van der Waals surface area contributed by atoms with Gasteiger partial charge in [-0.3, -0.25) is 4.98 Å². The van der Waals surface area contributed by atoms with E-state index < -0.39 is 0 Å². The van der Waals surface area contributed by atoms with Crippen LogP contribution < -0.4 is 0 Å². The number of benzene rings is 1. The fraction of sp³-hybridized carbons (Fsp3) is 0.316. The fourth-order valence-corrected chi connectivity index (χ4v) is 3.66. The monoisotopic (exact) mass is 311 g/mol. The molecule has 1 aliphatic rings. The molecule has 112 valence electrons. The first-order valence-corrected chi connectivity index (χ1v) is 8.34. The lowest BCUT2D eigenvalue weighted by Gasteiger charge is -2.20. The summed E-state index contributed by atoms with van der Waals surface area (Å²) in [7, 11) is 0. The van der Waals surface area contributed by atoms with E-state index in [1.165, 1.54) is 37.7 Å². The molecule has 4 rings (SSSR count). The van der Waals surface area contributed by atoms with Gasteiger partial charge < -0.3 is 4.42 Å². The van der Waals surface area contributed by atoms with Crippen LogP contribution in [0.3, 0.4) is 0 Å². The van der Waals surface area contributed by atoms with Crippen molar-refractivity contribution >= 4 is 22.7 Å². The van der Waals surface area contributed by atoms with Crippen molar-refractivity contribution in [3.63, 3.8) is 0 Å². The van der Waals surface area contributed by atoms with Gasteiger partial charge in [-0.2, -0.15) is 0 Å². The van der Waals surface area contributed by atoms with E-state index in [1.807, 2.05) is 12.1 Å². The number of furan rings is 1. The molecule has 0 radical (unpaired) electrons. The molecule has 0 bridgehead atoms. The summed E-state index contributed by atoms with van der Waals surface area (Å²) >= 11 is 6.09. The lowest BCUT2D eigenvalue weighted by atomic mass is 9.85. The first-order chi connectivity index (χ1) is 10.8. The first kappa shape index (κ1) is 13.8. The zero-order chi connectivity index (χ0) is 14.9. The zero-order valence-electron chi connectivity index (χ0n) is 12.4. The van der Waals surface area contributed by atoms with Gasteiger partial charge in [0.05, 0.1) is 5.02 Å². The van der Waals surface area contributed by atoms with Crippen LogP contribution in [0.15, 0.2) is 47.0 Å². The molecule has 0 unspecified atom stereocenters. The van der Waals surface area contributed by atoms with Gasteiger partial charge in [-0.1, -0.05) is 61.2 Å². The van der Waals surface area contributed by atoms with Crippen molar-refractivity contribution in [3.8, 4) is 11.1 Å². The van der Waals surface area contributed by atoms with Crippen LogP contribution in [0.5, 0.6) is 0 Å². The Balaban J connectivity index is 1.94. The van der Waals surface area contributed by atoms with E-state index in [2.05, 4.69) is 29.2 Å². The summed E-state index contributed by atoms with van der Waals surface area (Å²) in [5.74, 6) is 1.59. The van der Waals surface area contributed by atoms with Gasteiger partial charge in [-0.15, -0.1) is 0 Å². The normalized spacial score (nSPS) is 16.2. The Morgan fingerprint density at radius 3 is 2.59 bits per heavy atom. The molecule has 2 heterocycles. The molecule has 1 fully saturated rings. The molecule has 3 heteroatoms. The third-order valence-corrected chi connectivity index (χ3v) is 4.77. The number of fused-ring (bicyclic) bond motifs is 1. The summed E-state index contributed by atoms with van der Waals surface area (Å²) in [6, 6.07) is 12.3. The minimum absolute atomic E-state index is 0.497. The van der Waals surface area contributed by atoms with Crippen LogP contribution >= 0.6 is 11.6 Å². The van der Waals surface area contributed by atoms with Crippen LogP contribution in [-0.4, -0.2) is 4.98 Å². The third-order valence-electron chi connectivity index (χ3n) is 4.56. The lowest BCUT2D eigenvalue weighted by Crippen LogP contribution is -2.04. The first-order valence-electron chi connectivity index (χ1n) is 7.96. The number of halogens is 1. The summed E-state index contributed by atoms with van der Waals surface area (Å²) in [4.78, 5) is 4.55. The number of aromatic nitrogens is 1. The highest BCUT2D eigenvalue weighted by Gasteiger charge is 2.26. The minimum Gasteiger partial charge on any atom is -0.458 e. The summed E-state index contributed by atoms with van der Waals surface area (Å²) in [6.07, 6.45) is 8.01. The van der Waals surface area contributed by atoms with Gasteiger partial charge in [0.2, 0.25) is 0 Å². The second-order valence-electron chi connectivity index (χ2n) is 6.04. The number of hydrogen-bond acceptors (Lipinski definition) is 2. The van der Waals surface area contributed by atoms with Crippen LogP contribution in [0, 0.1) is 0 Å². The van der Waals surface area contributed by atoms with Crippen molar-refractivity contribution in [2.24, 2.45) is 0 Å². The Bertz CT molecular complexity index is 788. The summed E-state index contributed by atoms with van der Waals surface area (Å²) in [6.45, 7) is 0. The molecule has 22 heavy (non-hydrogen) atoms. The fourth-order valence-electron chi connectivity index (χ4n) is 3.51. The summed E-state index contributed by atoms with van der Waals surface area (Å²) in [5, 5.41) is 0.621. The van der Waals surface area contributed by atoms with E-state index in [0.717, 1.165) is 22.4 Å². The molecule has 2 aromatic heterocycles. The standard InChI is InChI=1S/C19H18ClNO/c20-15-11-16-18(21-12-15)17(13-7-3-1-4-8-13)19(22-16)14-9-5-2-6-10-14/h1,3-4,7-8,11-12,14H,2,5-6,9-10H2. The van der Waals surface area contributed by atoms with Crippen LogP contribution in [0.1, 0.15) is 43.8 Å². The van der Waals surface area contributed by atoms with Crippen molar-refractivity contribution in [2.45, 2.75) is 38.0 Å². The van der Waals surface area contributed by atoms with E-state index in [0.29, 0.717) is 10.9 Å². The Labute approximate surface area is 135 Å².